The third kappa shape index (κ3) is 4.64. The number of urea groups is 1. The van der Waals surface area contributed by atoms with Crippen LogP contribution >= 0.6 is 11.6 Å². The van der Waals surface area contributed by atoms with Gasteiger partial charge in [0.1, 0.15) is 6.54 Å². The number of halogens is 1. The first-order chi connectivity index (χ1) is 9.88. The van der Waals surface area contributed by atoms with Crippen LogP contribution in [0.3, 0.4) is 0 Å². The van der Waals surface area contributed by atoms with Gasteiger partial charge >= 0.3 is 12.0 Å². The number of nitrogens with one attached hydrogen (secondary N) is 2. The Balaban J connectivity index is 2.93. The van der Waals surface area contributed by atoms with E-state index in [4.69, 9.17) is 16.7 Å². The van der Waals surface area contributed by atoms with Crippen molar-refractivity contribution in [2.45, 2.75) is 6.92 Å². The van der Waals surface area contributed by atoms with Crippen molar-refractivity contribution >= 4 is 35.2 Å². The number of carboxylic acid groups (broad SMARTS) is 1. The van der Waals surface area contributed by atoms with Gasteiger partial charge in [-0.25, -0.2) is 9.59 Å². The molecule has 0 atom stereocenters. The molecule has 1 aromatic rings. The molecule has 0 spiro atoms. The molecule has 0 saturated heterocycles. The minimum absolute atomic E-state index is 0.0790. The second-order valence-corrected chi connectivity index (χ2v) is 4.55. The lowest BCUT2D eigenvalue weighted by molar-refractivity contribution is -0.121. The summed E-state index contributed by atoms with van der Waals surface area (Å²) in [7, 11) is 1.47. The molecule has 0 aliphatic heterocycles. The highest BCUT2D eigenvalue weighted by Crippen LogP contribution is 2.21. The van der Waals surface area contributed by atoms with Gasteiger partial charge in [-0.2, -0.15) is 0 Å². The van der Waals surface area contributed by atoms with Gasteiger partial charge in [-0.3, -0.25) is 4.79 Å². The van der Waals surface area contributed by atoms with E-state index in [9.17, 15) is 14.4 Å². The van der Waals surface area contributed by atoms with Gasteiger partial charge in [0.25, 0.3) is 0 Å². The third-order valence-electron chi connectivity index (χ3n) is 2.74. The van der Waals surface area contributed by atoms with E-state index in [2.05, 4.69) is 10.6 Å². The first kappa shape index (κ1) is 16.8. The lowest BCUT2D eigenvalue weighted by Gasteiger charge is -2.21. The number of benzene rings is 1. The molecule has 0 aromatic heterocycles. The topological polar surface area (TPSA) is 98.7 Å². The summed E-state index contributed by atoms with van der Waals surface area (Å²) in [5.74, 6) is -1.51. The average Bonchev–Trinajstić information content (AvgIpc) is 2.43. The summed E-state index contributed by atoms with van der Waals surface area (Å²) in [6.45, 7) is 1.88. The van der Waals surface area contributed by atoms with Crippen LogP contribution < -0.4 is 10.6 Å². The third-order valence-corrected chi connectivity index (χ3v) is 2.97. The average molecular weight is 314 g/mol. The lowest BCUT2D eigenvalue weighted by Crippen LogP contribution is -2.41. The predicted molar refractivity (Wildman–Crippen MR) is 78.7 cm³/mol. The van der Waals surface area contributed by atoms with Crippen molar-refractivity contribution in [3.8, 4) is 0 Å². The number of anilines is 1. The van der Waals surface area contributed by atoms with E-state index < -0.39 is 12.0 Å². The summed E-state index contributed by atoms with van der Waals surface area (Å²) in [5.41, 5.74) is -0.000831. The van der Waals surface area contributed by atoms with Gasteiger partial charge in [0.15, 0.2) is 0 Å². The zero-order valence-corrected chi connectivity index (χ0v) is 12.4. The Labute approximate surface area is 126 Å². The van der Waals surface area contributed by atoms with Crippen molar-refractivity contribution in [2.75, 3.05) is 25.5 Å². The maximum atomic E-state index is 12.1. The minimum Gasteiger partial charge on any atom is -0.478 e. The number of carbonyl (C=O) groups excluding carboxylic acids is 2. The van der Waals surface area contributed by atoms with E-state index in [0.717, 1.165) is 0 Å². The van der Waals surface area contributed by atoms with Crippen LogP contribution in [-0.2, 0) is 4.79 Å². The van der Waals surface area contributed by atoms with Crippen LogP contribution in [0.15, 0.2) is 18.2 Å². The molecular formula is C13H16ClN3O4. The number of carboxylic acids is 1. The van der Waals surface area contributed by atoms with Gasteiger partial charge in [0.05, 0.1) is 11.3 Å². The molecular weight excluding hydrogens is 298 g/mol. The number of nitrogens with zero attached hydrogens (tertiary/aromatic N) is 1. The first-order valence-corrected chi connectivity index (χ1v) is 6.56. The Bertz CT molecular complexity index is 562. The Hall–Kier alpha value is -2.28. The maximum absolute atomic E-state index is 12.1. The fraction of sp³-hybridized carbons (Fsp3) is 0.308. The molecule has 0 bridgehead atoms. The van der Waals surface area contributed by atoms with Crippen LogP contribution in [0.2, 0.25) is 5.02 Å². The van der Waals surface area contributed by atoms with Crippen LogP contribution in [0.4, 0.5) is 10.5 Å². The molecule has 0 heterocycles. The van der Waals surface area contributed by atoms with Crippen molar-refractivity contribution in [3.05, 3.63) is 28.8 Å². The van der Waals surface area contributed by atoms with Crippen molar-refractivity contribution in [2.24, 2.45) is 0 Å². The van der Waals surface area contributed by atoms with Gasteiger partial charge in [-0.15, -0.1) is 0 Å². The zero-order valence-electron chi connectivity index (χ0n) is 11.6. The molecule has 7 nitrogen and oxygen atoms in total. The van der Waals surface area contributed by atoms with Crippen molar-refractivity contribution in [1.82, 2.24) is 10.2 Å². The molecule has 1 rings (SSSR count). The van der Waals surface area contributed by atoms with Gasteiger partial charge in [-0.05, 0) is 25.1 Å². The molecule has 0 saturated carbocycles. The second kappa shape index (κ2) is 7.49. The zero-order chi connectivity index (χ0) is 16.0. The normalized spacial score (nSPS) is 9.86. The van der Waals surface area contributed by atoms with Gasteiger partial charge < -0.3 is 20.6 Å². The number of carbonyl (C=O) groups is 3. The molecule has 0 aliphatic carbocycles. The fourth-order valence-corrected chi connectivity index (χ4v) is 1.75. The molecule has 114 valence electrons. The van der Waals surface area contributed by atoms with Crippen molar-refractivity contribution < 1.29 is 19.5 Å². The largest absolute Gasteiger partial charge is 0.478 e. The van der Waals surface area contributed by atoms with Gasteiger partial charge in [0.2, 0.25) is 5.91 Å². The summed E-state index contributed by atoms with van der Waals surface area (Å²) in [5, 5.41) is 14.2. The molecule has 0 fully saturated rings. The number of likely N-dealkylation sites (N-methyl/N-ethyl adjacent to an activating group) is 2. The summed E-state index contributed by atoms with van der Waals surface area (Å²) < 4.78 is 0. The minimum atomic E-state index is -1.18. The van der Waals surface area contributed by atoms with E-state index in [0.29, 0.717) is 11.6 Å². The van der Waals surface area contributed by atoms with E-state index in [-0.39, 0.29) is 23.7 Å². The summed E-state index contributed by atoms with van der Waals surface area (Å²) in [6.07, 6.45) is 0. The van der Waals surface area contributed by atoms with Gasteiger partial charge in [0, 0.05) is 18.6 Å². The molecule has 3 amide bonds. The molecule has 0 unspecified atom stereocenters. The van der Waals surface area contributed by atoms with E-state index in [1.54, 1.807) is 6.92 Å². The number of hydrogen-bond donors (Lipinski definition) is 3. The van der Waals surface area contributed by atoms with E-state index in [1.165, 1.54) is 30.1 Å². The Kier molecular flexibility index (Phi) is 5.98. The molecule has 3 N–H and O–H groups in total. The molecule has 0 radical (unpaired) electrons. The van der Waals surface area contributed by atoms with Crippen molar-refractivity contribution in [3.63, 3.8) is 0 Å². The first-order valence-electron chi connectivity index (χ1n) is 6.18. The van der Waals surface area contributed by atoms with E-state index >= 15 is 0 Å². The van der Waals surface area contributed by atoms with Crippen LogP contribution in [0.1, 0.15) is 17.3 Å². The standard InChI is InChI=1S/C13H16ClN3O4/c1-3-17(7-11(18)15-2)13(21)16-10-6-8(14)4-5-9(10)12(19)20/h4-6H,3,7H2,1-2H3,(H,15,18)(H,16,21)(H,19,20). The number of aromatic carboxylic acids is 1. The molecule has 1 aromatic carbocycles. The summed E-state index contributed by atoms with van der Waals surface area (Å²) in [4.78, 5) is 35.7. The number of amides is 3. The number of hydrogen-bond acceptors (Lipinski definition) is 3. The molecule has 8 heteroatoms. The highest BCUT2D eigenvalue weighted by atomic mass is 35.5. The molecule has 0 aliphatic rings. The fourth-order valence-electron chi connectivity index (χ4n) is 1.58. The van der Waals surface area contributed by atoms with Crippen molar-refractivity contribution in [1.29, 1.82) is 0 Å². The van der Waals surface area contributed by atoms with Crippen LogP contribution in [0.25, 0.3) is 0 Å². The summed E-state index contributed by atoms with van der Waals surface area (Å²) >= 11 is 5.80. The van der Waals surface area contributed by atoms with Crippen LogP contribution in [0.5, 0.6) is 0 Å². The smallest absolute Gasteiger partial charge is 0.337 e. The Morgan fingerprint density at radius 2 is 2.00 bits per heavy atom. The van der Waals surface area contributed by atoms with Crippen LogP contribution in [-0.4, -0.2) is 48.1 Å². The maximum Gasteiger partial charge on any atom is 0.337 e. The number of rotatable bonds is 5. The highest BCUT2D eigenvalue weighted by molar-refractivity contribution is 6.31. The monoisotopic (exact) mass is 313 g/mol. The quantitative estimate of drug-likeness (QED) is 0.769. The van der Waals surface area contributed by atoms with E-state index in [1.807, 2.05) is 0 Å². The molecule has 21 heavy (non-hydrogen) atoms. The van der Waals surface area contributed by atoms with Crippen LogP contribution in [0, 0.1) is 0 Å². The SMILES string of the molecule is CCN(CC(=O)NC)C(=O)Nc1cc(Cl)ccc1C(=O)O. The van der Waals surface area contributed by atoms with Gasteiger partial charge in [-0.1, -0.05) is 11.6 Å². The lowest BCUT2D eigenvalue weighted by atomic mass is 10.2. The predicted octanol–water partition coefficient (Wildman–Crippen LogP) is 1.64. The summed E-state index contributed by atoms with van der Waals surface area (Å²) in [6, 6.07) is 3.49. The second-order valence-electron chi connectivity index (χ2n) is 4.11. The Morgan fingerprint density at radius 3 is 2.52 bits per heavy atom. The Morgan fingerprint density at radius 1 is 1.33 bits per heavy atom. The highest BCUT2D eigenvalue weighted by Gasteiger charge is 2.18.